The Morgan fingerprint density at radius 1 is 1.40 bits per heavy atom. The van der Waals surface area contributed by atoms with Crippen LogP contribution in [0.1, 0.15) is 29.9 Å². The van der Waals surface area contributed by atoms with Crippen LogP contribution in [0.5, 0.6) is 0 Å². The molecule has 0 saturated carbocycles. The molecule has 1 heterocycles. The van der Waals surface area contributed by atoms with Crippen molar-refractivity contribution in [2.45, 2.75) is 26.4 Å². The molecule has 1 aromatic rings. The van der Waals surface area contributed by atoms with Gasteiger partial charge in [-0.05, 0) is 23.8 Å². The van der Waals surface area contributed by atoms with Crippen LogP contribution in [0.4, 0.5) is 0 Å². The Kier molecular flexibility index (Phi) is 7.25. The quantitative estimate of drug-likeness (QED) is 0.589. The highest BCUT2D eigenvalue weighted by molar-refractivity contribution is 7.11. The first-order chi connectivity index (χ1) is 9.54. The zero-order chi connectivity index (χ0) is 15.0. The van der Waals surface area contributed by atoms with Crippen molar-refractivity contribution < 1.29 is 19.1 Å². The van der Waals surface area contributed by atoms with Gasteiger partial charge in [0, 0.05) is 13.7 Å². The summed E-state index contributed by atoms with van der Waals surface area (Å²) in [6.45, 7) is 4.79. The number of nitrogens with one attached hydrogen (secondary N) is 1. The largest absolute Gasteiger partial charge is 0.448 e. The van der Waals surface area contributed by atoms with E-state index in [1.54, 1.807) is 24.6 Å². The fraction of sp³-hybridized carbons (Fsp3) is 0.571. The molecule has 0 aromatic carbocycles. The lowest BCUT2D eigenvalue weighted by molar-refractivity contribution is -0.130. The topological polar surface area (TPSA) is 64.6 Å². The van der Waals surface area contributed by atoms with E-state index in [-0.39, 0.29) is 11.8 Å². The highest BCUT2D eigenvalue weighted by atomic mass is 32.1. The summed E-state index contributed by atoms with van der Waals surface area (Å²) in [5, 5.41) is 4.50. The Morgan fingerprint density at radius 3 is 2.70 bits per heavy atom. The van der Waals surface area contributed by atoms with E-state index >= 15 is 0 Å². The predicted octanol–water partition coefficient (Wildman–Crippen LogP) is 2.08. The van der Waals surface area contributed by atoms with Gasteiger partial charge in [-0.1, -0.05) is 19.9 Å². The third-order valence-electron chi connectivity index (χ3n) is 2.55. The second-order valence-corrected chi connectivity index (χ2v) is 5.73. The molecule has 1 aromatic heterocycles. The van der Waals surface area contributed by atoms with Gasteiger partial charge in [0.25, 0.3) is 5.91 Å². The van der Waals surface area contributed by atoms with Crippen molar-refractivity contribution in [3.8, 4) is 0 Å². The first-order valence-corrected chi connectivity index (χ1v) is 7.43. The molecule has 0 unspecified atom stereocenters. The minimum atomic E-state index is -0.763. The molecule has 1 N–H and O–H groups in total. The van der Waals surface area contributed by atoms with E-state index in [9.17, 15) is 9.59 Å². The van der Waals surface area contributed by atoms with Gasteiger partial charge in [-0.25, -0.2) is 4.79 Å². The van der Waals surface area contributed by atoms with Crippen molar-refractivity contribution in [3.63, 3.8) is 0 Å². The summed E-state index contributed by atoms with van der Waals surface area (Å²) in [4.78, 5) is 24.4. The van der Waals surface area contributed by atoms with E-state index in [2.05, 4.69) is 5.32 Å². The maximum absolute atomic E-state index is 12.0. The highest BCUT2D eigenvalue weighted by Crippen LogP contribution is 2.15. The summed E-state index contributed by atoms with van der Waals surface area (Å²) in [5.74, 6) is -0.475. The lowest BCUT2D eigenvalue weighted by Crippen LogP contribution is -2.39. The first-order valence-electron chi connectivity index (χ1n) is 6.55. The molecule has 6 heteroatoms. The number of hydrogen-bond acceptors (Lipinski definition) is 5. The van der Waals surface area contributed by atoms with Crippen molar-refractivity contribution in [1.29, 1.82) is 0 Å². The maximum Gasteiger partial charge on any atom is 0.349 e. The molecule has 0 aliphatic heterocycles. The molecule has 0 aliphatic rings. The number of methoxy groups -OCH3 is 1. The summed E-state index contributed by atoms with van der Waals surface area (Å²) in [5.41, 5.74) is 0. The van der Waals surface area contributed by atoms with Crippen LogP contribution in [0.3, 0.4) is 0 Å². The minimum absolute atomic E-state index is 0.254. The van der Waals surface area contributed by atoms with Gasteiger partial charge < -0.3 is 14.8 Å². The average molecular weight is 299 g/mol. The number of carbonyl (C=O) groups excluding carboxylic acids is 2. The molecular weight excluding hydrogens is 278 g/mol. The van der Waals surface area contributed by atoms with Gasteiger partial charge >= 0.3 is 5.97 Å². The molecule has 1 rings (SSSR count). The lowest BCUT2D eigenvalue weighted by atomic mass is 10.1. The van der Waals surface area contributed by atoms with Crippen LogP contribution in [0.15, 0.2) is 17.5 Å². The van der Waals surface area contributed by atoms with E-state index in [1.165, 1.54) is 11.3 Å². The highest BCUT2D eigenvalue weighted by Gasteiger charge is 2.24. The third kappa shape index (κ3) is 5.71. The second kappa shape index (κ2) is 8.71. The van der Waals surface area contributed by atoms with E-state index in [1.807, 2.05) is 13.8 Å². The molecule has 0 radical (unpaired) electrons. The zero-order valence-corrected chi connectivity index (χ0v) is 12.9. The fourth-order valence-electron chi connectivity index (χ4n) is 1.61. The van der Waals surface area contributed by atoms with Crippen LogP contribution in [0.25, 0.3) is 0 Å². The van der Waals surface area contributed by atoms with Gasteiger partial charge in [-0.3, -0.25) is 4.79 Å². The third-order valence-corrected chi connectivity index (χ3v) is 3.40. The predicted molar refractivity (Wildman–Crippen MR) is 77.9 cm³/mol. The normalized spacial score (nSPS) is 12.2. The number of amides is 1. The van der Waals surface area contributed by atoms with Crippen LogP contribution >= 0.6 is 11.3 Å². The SMILES string of the molecule is COCCNC(=O)[C@H](CC(C)C)OC(=O)c1cccs1. The molecule has 0 fully saturated rings. The Hall–Kier alpha value is -1.40. The van der Waals surface area contributed by atoms with Gasteiger partial charge in [0.05, 0.1) is 6.61 Å². The van der Waals surface area contributed by atoms with Crippen molar-refractivity contribution >= 4 is 23.2 Å². The van der Waals surface area contributed by atoms with Crippen LogP contribution in [-0.2, 0) is 14.3 Å². The van der Waals surface area contributed by atoms with Gasteiger partial charge in [0.2, 0.25) is 0 Å². The van der Waals surface area contributed by atoms with Gasteiger partial charge in [-0.2, -0.15) is 0 Å². The van der Waals surface area contributed by atoms with Crippen molar-refractivity contribution in [2.75, 3.05) is 20.3 Å². The molecule has 1 atom stereocenters. The fourth-order valence-corrected chi connectivity index (χ4v) is 2.21. The summed E-state index contributed by atoms with van der Waals surface area (Å²) in [6.07, 6.45) is -0.267. The zero-order valence-electron chi connectivity index (χ0n) is 12.0. The standard InChI is InChI=1S/C14H21NO4S/c1-10(2)9-11(13(16)15-6-7-18-3)19-14(17)12-5-4-8-20-12/h4-5,8,10-11H,6-7,9H2,1-3H3,(H,15,16)/t11-/m0/s1. The second-order valence-electron chi connectivity index (χ2n) is 4.78. The van der Waals surface area contributed by atoms with Gasteiger partial charge in [-0.15, -0.1) is 11.3 Å². The lowest BCUT2D eigenvalue weighted by Gasteiger charge is -2.18. The van der Waals surface area contributed by atoms with Gasteiger partial charge in [0.1, 0.15) is 4.88 Å². The molecule has 0 spiro atoms. The molecule has 0 aliphatic carbocycles. The maximum atomic E-state index is 12.0. The Morgan fingerprint density at radius 2 is 2.15 bits per heavy atom. The van der Waals surface area contributed by atoms with E-state index in [0.717, 1.165) is 0 Å². The van der Waals surface area contributed by atoms with Crippen molar-refractivity contribution in [1.82, 2.24) is 5.32 Å². The molecular formula is C14H21NO4S. The number of rotatable bonds is 8. The summed E-state index contributed by atoms with van der Waals surface area (Å²) >= 11 is 1.30. The molecule has 20 heavy (non-hydrogen) atoms. The van der Waals surface area contributed by atoms with Crippen LogP contribution < -0.4 is 5.32 Å². The molecule has 0 saturated heterocycles. The molecule has 0 bridgehead atoms. The smallest absolute Gasteiger partial charge is 0.349 e. The van der Waals surface area contributed by atoms with E-state index in [0.29, 0.717) is 24.4 Å². The van der Waals surface area contributed by atoms with E-state index in [4.69, 9.17) is 9.47 Å². The monoisotopic (exact) mass is 299 g/mol. The van der Waals surface area contributed by atoms with Crippen LogP contribution in [0, 0.1) is 5.92 Å². The minimum Gasteiger partial charge on any atom is -0.448 e. The Balaban J connectivity index is 2.59. The summed E-state index contributed by atoms with van der Waals surface area (Å²) < 4.78 is 10.2. The number of hydrogen-bond donors (Lipinski definition) is 1. The first kappa shape index (κ1) is 16.7. The summed E-state index contributed by atoms with van der Waals surface area (Å²) in [6, 6.07) is 3.46. The molecule has 112 valence electrons. The van der Waals surface area contributed by atoms with Crippen molar-refractivity contribution in [3.05, 3.63) is 22.4 Å². The van der Waals surface area contributed by atoms with Crippen LogP contribution in [-0.4, -0.2) is 38.2 Å². The average Bonchev–Trinajstić information content (AvgIpc) is 2.91. The van der Waals surface area contributed by atoms with Crippen LogP contribution in [0.2, 0.25) is 0 Å². The number of thiophene rings is 1. The Bertz CT molecular complexity index is 417. The summed E-state index contributed by atoms with van der Waals surface area (Å²) in [7, 11) is 1.56. The van der Waals surface area contributed by atoms with E-state index < -0.39 is 12.1 Å². The van der Waals surface area contributed by atoms with Crippen molar-refractivity contribution in [2.24, 2.45) is 5.92 Å². The Labute approximate surface area is 123 Å². The van der Waals surface area contributed by atoms with Gasteiger partial charge in [0.15, 0.2) is 6.10 Å². The number of carbonyl (C=O) groups is 2. The number of esters is 1. The molecule has 1 amide bonds. The number of ether oxygens (including phenoxy) is 2. The molecule has 5 nitrogen and oxygen atoms in total.